The Morgan fingerprint density at radius 1 is 1.26 bits per heavy atom. The van der Waals surface area contributed by atoms with Crippen LogP contribution in [-0.4, -0.2) is 50.6 Å². The number of hydrogen-bond donors (Lipinski definition) is 2. The Morgan fingerprint density at radius 2 is 2.03 bits per heavy atom. The first-order chi connectivity index (χ1) is 16.0. The van der Waals surface area contributed by atoms with Gasteiger partial charge < -0.3 is 16.0 Å². The smallest absolute Gasteiger partial charge is 0.239 e. The van der Waals surface area contributed by atoms with Crippen molar-refractivity contribution < 1.29 is 9.59 Å². The Hall–Kier alpha value is -2.45. The number of fused-ring (bicyclic) bond motifs is 2. The van der Waals surface area contributed by atoms with E-state index in [2.05, 4.69) is 36.2 Å². The summed E-state index contributed by atoms with van der Waals surface area (Å²) in [6.45, 7) is 10.6. The zero-order valence-corrected chi connectivity index (χ0v) is 21.0. The lowest BCUT2D eigenvalue weighted by Crippen LogP contribution is -2.42. The largest absolute Gasteiger partial charge is 0.341 e. The van der Waals surface area contributed by atoms with Gasteiger partial charge in [-0.05, 0) is 49.0 Å². The van der Waals surface area contributed by atoms with Crippen molar-refractivity contribution in [3.63, 3.8) is 0 Å². The number of nitrogens with one attached hydrogen (secondary N) is 1. The third-order valence-electron chi connectivity index (χ3n) is 7.97. The summed E-state index contributed by atoms with van der Waals surface area (Å²) >= 11 is 6.52. The number of nitrogens with two attached hydrogens (primary N) is 1. The van der Waals surface area contributed by atoms with Crippen LogP contribution in [-0.2, 0) is 22.6 Å². The number of nitrogens with zero attached hydrogens (tertiary/aromatic N) is 4. The molecule has 1 saturated carbocycles. The van der Waals surface area contributed by atoms with Crippen LogP contribution < -0.4 is 11.1 Å². The van der Waals surface area contributed by atoms with E-state index in [1.807, 2.05) is 21.8 Å². The van der Waals surface area contributed by atoms with Gasteiger partial charge in [-0.1, -0.05) is 32.4 Å². The van der Waals surface area contributed by atoms with Crippen molar-refractivity contribution in [3.8, 4) is 11.1 Å². The fraction of sp³-hybridized carbons (Fsp3) is 0.600. The molecule has 5 rings (SSSR count). The van der Waals surface area contributed by atoms with Crippen LogP contribution in [0.2, 0.25) is 5.02 Å². The fourth-order valence-electron chi connectivity index (χ4n) is 6.20. The van der Waals surface area contributed by atoms with E-state index >= 15 is 0 Å². The number of carbonyl (C=O) groups excluding carboxylic acids is 2. The van der Waals surface area contributed by atoms with Gasteiger partial charge in [0.2, 0.25) is 11.8 Å². The Labute approximate surface area is 205 Å². The van der Waals surface area contributed by atoms with E-state index in [-0.39, 0.29) is 29.1 Å². The van der Waals surface area contributed by atoms with Crippen molar-refractivity contribution in [1.82, 2.24) is 19.7 Å². The lowest BCUT2D eigenvalue weighted by Gasteiger charge is -2.23. The predicted octanol–water partition coefficient (Wildman–Crippen LogP) is 3.20. The first-order valence-corrected chi connectivity index (χ1v) is 12.5. The average Bonchev–Trinajstić information content (AvgIpc) is 3.49. The lowest BCUT2D eigenvalue weighted by atomic mass is 9.89. The highest BCUT2D eigenvalue weighted by Gasteiger charge is 2.49. The van der Waals surface area contributed by atoms with Gasteiger partial charge in [0, 0.05) is 48.6 Å². The third-order valence-corrected chi connectivity index (χ3v) is 8.27. The van der Waals surface area contributed by atoms with E-state index in [1.165, 1.54) is 5.69 Å². The second-order valence-corrected chi connectivity index (χ2v) is 11.6. The molecule has 34 heavy (non-hydrogen) atoms. The number of hydrogen-bond acceptors (Lipinski definition) is 5. The molecule has 3 aliphatic rings. The monoisotopic (exact) mass is 484 g/mol. The maximum atomic E-state index is 13.2. The Bertz CT molecular complexity index is 1140. The van der Waals surface area contributed by atoms with Gasteiger partial charge in [0.1, 0.15) is 5.82 Å². The van der Waals surface area contributed by atoms with E-state index in [0.29, 0.717) is 35.8 Å². The van der Waals surface area contributed by atoms with Crippen LogP contribution in [0, 0.1) is 29.1 Å². The van der Waals surface area contributed by atoms with Crippen LogP contribution in [0.3, 0.4) is 0 Å². The predicted molar refractivity (Wildman–Crippen MR) is 131 cm³/mol. The molecule has 5 atom stereocenters. The number of anilines is 1. The number of halogens is 1. The van der Waals surface area contributed by atoms with Crippen molar-refractivity contribution in [2.75, 3.05) is 18.4 Å². The zero-order chi connectivity index (χ0) is 24.4. The number of amides is 2. The summed E-state index contributed by atoms with van der Waals surface area (Å²) in [7, 11) is 0. The van der Waals surface area contributed by atoms with Crippen molar-refractivity contribution in [2.24, 2.45) is 34.8 Å². The number of aromatic nitrogens is 3. The van der Waals surface area contributed by atoms with Crippen molar-refractivity contribution >= 4 is 29.2 Å². The maximum Gasteiger partial charge on any atom is 0.239 e. The molecule has 0 radical (unpaired) electrons. The number of likely N-dealkylation sites (tertiary alicyclic amines) is 1. The third kappa shape index (κ3) is 4.01. The minimum Gasteiger partial charge on any atom is -0.341 e. The van der Waals surface area contributed by atoms with Crippen LogP contribution in [0.5, 0.6) is 0 Å². The molecular formula is C25H33ClN6O2. The maximum absolute atomic E-state index is 13.2. The standard InChI is InChI=1S/C25H33ClN6O2/c1-13-16(5-15-10-31(11-19(13)15)24(34)14(2)27)23(33)30-22-6-17(20(26)9-28-22)18-8-29-32-12-25(3,4)7-21(18)32/h6,8-9,13-16,19H,5,7,10-12,27H2,1-4H3,(H,28,30,33)/t13-,14-,15-,16?,19-/m1/s1. The summed E-state index contributed by atoms with van der Waals surface area (Å²) in [6.07, 6.45) is 5.15. The van der Waals surface area contributed by atoms with Crippen LogP contribution in [0.15, 0.2) is 18.5 Å². The molecule has 4 heterocycles. The summed E-state index contributed by atoms with van der Waals surface area (Å²) in [6, 6.07) is 1.37. The molecule has 1 unspecified atom stereocenters. The minimum absolute atomic E-state index is 0.00414. The fourth-order valence-corrected chi connectivity index (χ4v) is 6.40. The Balaban J connectivity index is 1.30. The van der Waals surface area contributed by atoms with Gasteiger partial charge in [-0.3, -0.25) is 14.3 Å². The van der Waals surface area contributed by atoms with Gasteiger partial charge in [-0.2, -0.15) is 5.10 Å². The molecule has 1 saturated heterocycles. The van der Waals surface area contributed by atoms with Gasteiger partial charge in [0.15, 0.2) is 0 Å². The number of carbonyl (C=O) groups is 2. The highest BCUT2D eigenvalue weighted by Crippen LogP contribution is 2.46. The van der Waals surface area contributed by atoms with E-state index in [1.54, 1.807) is 13.1 Å². The quantitative estimate of drug-likeness (QED) is 0.693. The van der Waals surface area contributed by atoms with Crippen molar-refractivity contribution in [1.29, 1.82) is 0 Å². The van der Waals surface area contributed by atoms with Crippen LogP contribution >= 0.6 is 11.6 Å². The van der Waals surface area contributed by atoms with E-state index in [9.17, 15) is 9.59 Å². The summed E-state index contributed by atoms with van der Waals surface area (Å²) in [5.74, 6) is 1.21. The molecule has 2 amide bonds. The first kappa shape index (κ1) is 23.3. The van der Waals surface area contributed by atoms with Gasteiger partial charge in [0.25, 0.3) is 0 Å². The molecule has 2 fully saturated rings. The molecule has 2 aromatic heterocycles. The summed E-state index contributed by atoms with van der Waals surface area (Å²) in [5, 5.41) is 8.13. The van der Waals surface area contributed by atoms with Crippen LogP contribution in [0.1, 0.15) is 39.8 Å². The molecule has 0 bridgehead atoms. The Kier molecular flexibility index (Phi) is 5.72. The molecule has 9 heteroatoms. The highest BCUT2D eigenvalue weighted by atomic mass is 35.5. The second-order valence-electron chi connectivity index (χ2n) is 11.2. The van der Waals surface area contributed by atoms with Crippen molar-refractivity contribution in [2.45, 2.75) is 53.1 Å². The number of rotatable bonds is 4. The molecule has 2 aromatic rings. The first-order valence-electron chi connectivity index (χ1n) is 12.1. The average molecular weight is 485 g/mol. The van der Waals surface area contributed by atoms with Crippen LogP contribution in [0.25, 0.3) is 11.1 Å². The molecule has 1 aliphatic carbocycles. The van der Waals surface area contributed by atoms with Gasteiger partial charge in [-0.15, -0.1) is 0 Å². The summed E-state index contributed by atoms with van der Waals surface area (Å²) in [5.41, 5.74) is 8.95. The highest BCUT2D eigenvalue weighted by molar-refractivity contribution is 6.33. The molecule has 2 aliphatic heterocycles. The van der Waals surface area contributed by atoms with Gasteiger partial charge in [0.05, 0.1) is 17.3 Å². The van der Waals surface area contributed by atoms with Gasteiger partial charge in [-0.25, -0.2) is 4.98 Å². The minimum atomic E-state index is -0.485. The molecule has 8 nitrogen and oxygen atoms in total. The zero-order valence-electron chi connectivity index (χ0n) is 20.2. The molecule has 182 valence electrons. The topological polar surface area (TPSA) is 106 Å². The molecule has 3 N–H and O–H groups in total. The molecule has 0 aromatic carbocycles. The normalized spacial score (nSPS) is 28.0. The van der Waals surface area contributed by atoms with Gasteiger partial charge >= 0.3 is 0 Å². The number of pyridine rings is 1. The summed E-state index contributed by atoms with van der Waals surface area (Å²) < 4.78 is 2.04. The lowest BCUT2D eigenvalue weighted by molar-refractivity contribution is -0.131. The molecular weight excluding hydrogens is 452 g/mol. The van der Waals surface area contributed by atoms with Crippen molar-refractivity contribution in [3.05, 3.63) is 29.2 Å². The second kappa shape index (κ2) is 8.34. The van der Waals surface area contributed by atoms with Crippen LogP contribution in [0.4, 0.5) is 5.82 Å². The SMILES string of the molecule is C[C@@H]1C(C(=O)Nc2cc(-c3cnn4c3CC(C)(C)C4)c(Cl)cn2)C[C@@H]2CN(C(=O)[C@@H](C)N)C[C@@H]21. The van der Waals surface area contributed by atoms with E-state index < -0.39 is 6.04 Å². The van der Waals surface area contributed by atoms with E-state index in [0.717, 1.165) is 30.5 Å². The van der Waals surface area contributed by atoms with E-state index in [4.69, 9.17) is 17.3 Å². The Morgan fingerprint density at radius 3 is 2.74 bits per heavy atom. The molecule has 0 spiro atoms. The summed E-state index contributed by atoms with van der Waals surface area (Å²) in [4.78, 5) is 31.8.